The average Bonchev–Trinajstić information content (AvgIpc) is 3.33. The molecule has 1 heterocycles. The molecule has 0 spiro atoms. The molecule has 9 nitrogen and oxygen atoms in total. The minimum absolute atomic E-state index is 0.135. The molecule has 2 unspecified atom stereocenters. The van der Waals surface area contributed by atoms with Gasteiger partial charge in [-0.2, -0.15) is 0 Å². The molecule has 0 bridgehead atoms. The number of nitrogens with one attached hydrogen (secondary N) is 1. The Hall–Kier alpha value is -3.43. The van der Waals surface area contributed by atoms with Crippen molar-refractivity contribution in [2.45, 2.75) is 24.9 Å². The van der Waals surface area contributed by atoms with Gasteiger partial charge in [-0.15, -0.1) is 0 Å². The zero-order valence-corrected chi connectivity index (χ0v) is 20.3. The normalized spacial score (nSPS) is 17.2. The van der Waals surface area contributed by atoms with Crippen molar-refractivity contribution in [1.29, 1.82) is 0 Å². The predicted octanol–water partition coefficient (Wildman–Crippen LogP) is 1.07. The third-order valence-electron chi connectivity index (χ3n) is 6.14. The Morgan fingerprint density at radius 3 is 2.43 bits per heavy atom. The van der Waals surface area contributed by atoms with E-state index in [1.807, 2.05) is 30.3 Å². The van der Waals surface area contributed by atoms with Crippen molar-refractivity contribution >= 4 is 17.7 Å². The smallest absolute Gasteiger partial charge is 0.254 e. The highest BCUT2D eigenvalue weighted by atomic mass is 16.5. The Kier molecular flexibility index (Phi) is 9.63. The summed E-state index contributed by atoms with van der Waals surface area (Å²) in [6.45, 7) is 1.17. The van der Waals surface area contributed by atoms with Crippen LogP contribution in [0.2, 0.25) is 0 Å². The van der Waals surface area contributed by atoms with E-state index in [1.165, 1.54) is 12.0 Å². The van der Waals surface area contributed by atoms with Gasteiger partial charge in [0, 0.05) is 38.9 Å². The van der Waals surface area contributed by atoms with E-state index in [2.05, 4.69) is 5.32 Å². The molecule has 3 amide bonds. The minimum atomic E-state index is -0.697. The number of carbonyl (C=O) groups excluding carboxylic acids is 3. The largest absolute Gasteiger partial charge is 0.497 e. The summed E-state index contributed by atoms with van der Waals surface area (Å²) >= 11 is 0. The molecule has 2 aromatic carbocycles. The van der Waals surface area contributed by atoms with Gasteiger partial charge in [-0.25, -0.2) is 0 Å². The summed E-state index contributed by atoms with van der Waals surface area (Å²) in [6.07, 6.45) is 0.984. The molecule has 188 valence electrons. The quantitative estimate of drug-likeness (QED) is 0.495. The van der Waals surface area contributed by atoms with Crippen LogP contribution in [-0.2, 0) is 20.7 Å². The lowest BCUT2D eigenvalue weighted by Gasteiger charge is -2.29. The van der Waals surface area contributed by atoms with E-state index in [1.54, 1.807) is 36.3 Å². The topological polar surface area (TPSA) is 114 Å². The van der Waals surface area contributed by atoms with Crippen LogP contribution in [0.4, 0.5) is 0 Å². The maximum atomic E-state index is 13.6. The lowest BCUT2D eigenvalue weighted by molar-refractivity contribution is -0.141. The number of benzene rings is 2. The number of rotatable bonds is 11. The van der Waals surface area contributed by atoms with Crippen LogP contribution in [0.15, 0.2) is 54.6 Å². The van der Waals surface area contributed by atoms with E-state index in [9.17, 15) is 14.4 Å². The third-order valence-corrected chi connectivity index (χ3v) is 6.14. The number of ether oxygens (including phenoxy) is 2. The summed E-state index contributed by atoms with van der Waals surface area (Å²) in [5, 5.41) is 2.78. The maximum Gasteiger partial charge on any atom is 0.254 e. The first-order valence-electron chi connectivity index (χ1n) is 11.7. The highest BCUT2D eigenvalue weighted by Gasteiger charge is 2.42. The van der Waals surface area contributed by atoms with E-state index in [0.29, 0.717) is 43.8 Å². The van der Waals surface area contributed by atoms with E-state index in [-0.39, 0.29) is 36.9 Å². The summed E-state index contributed by atoms with van der Waals surface area (Å²) < 4.78 is 10.2. The van der Waals surface area contributed by atoms with Crippen molar-refractivity contribution in [1.82, 2.24) is 15.1 Å². The molecule has 1 aliphatic heterocycles. The molecular weight excluding hydrogens is 448 g/mol. The zero-order chi connectivity index (χ0) is 25.2. The van der Waals surface area contributed by atoms with E-state index < -0.39 is 6.04 Å². The van der Waals surface area contributed by atoms with Gasteiger partial charge in [-0.1, -0.05) is 30.3 Å². The second-order valence-corrected chi connectivity index (χ2v) is 8.43. The fourth-order valence-electron chi connectivity index (χ4n) is 4.33. The highest BCUT2D eigenvalue weighted by molar-refractivity contribution is 5.95. The van der Waals surface area contributed by atoms with E-state index in [0.717, 1.165) is 5.56 Å². The van der Waals surface area contributed by atoms with Gasteiger partial charge in [0.2, 0.25) is 11.8 Å². The number of hydrogen-bond acceptors (Lipinski definition) is 6. The lowest BCUT2D eigenvalue weighted by Crippen LogP contribution is -2.48. The molecule has 0 aliphatic carbocycles. The second kappa shape index (κ2) is 12.9. The number of carbonyl (C=O) groups is 3. The summed E-state index contributed by atoms with van der Waals surface area (Å²) in [5.41, 5.74) is 7.15. The molecule has 3 N–H and O–H groups in total. The first kappa shape index (κ1) is 26.2. The minimum Gasteiger partial charge on any atom is -0.497 e. The Bertz CT molecular complexity index is 983. The van der Waals surface area contributed by atoms with Gasteiger partial charge in [0.15, 0.2) is 0 Å². The molecule has 2 aromatic rings. The molecule has 3 rings (SSSR count). The van der Waals surface area contributed by atoms with Crippen LogP contribution in [-0.4, -0.2) is 86.6 Å². The first-order valence-corrected chi connectivity index (χ1v) is 11.7. The van der Waals surface area contributed by atoms with E-state index >= 15 is 0 Å². The second-order valence-electron chi connectivity index (χ2n) is 8.43. The maximum absolute atomic E-state index is 13.6. The van der Waals surface area contributed by atoms with Gasteiger partial charge in [-0.3, -0.25) is 14.4 Å². The number of likely N-dealkylation sites (tertiary alicyclic amines) is 1. The molecule has 2 atom stereocenters. The fourth-order valence-corrected chi connectivity index (χ4v) is 4.33. The highest BCUT2D eigenvalue weighted by Crippen LogP contribution is 2.25. The molecule has 1 aliphatic rings. The van der Waals surface area contributed by atoms with Crippen molar-refractivity contribution in [2.24, 2.45) is 5.73 Å². The van der Waals surface area contributed by atoms with Crippen LogP contribution >= 0.6 is 0 Å². The molecule has 0 aromatic heterocycles. The standard InChI is InChI=1S/C26H34N4O5/c1-34-18-24(31)30-17-21(16-23(30)25(32)28-14-13-27)29(15-12-19-6-4-3-5-7-19)26(33)20-8-10-22(35-2)11-9-20/h3-11,21,23H,12-18,27H2,1-2H3,(H,28,32). The van der Waals surface area contributed by atoms with Crippen LogP contribution in [0, 0.1) is 0 Å². The molecule has 0 saturated carbocycles. The Labute approximate surface area is 206 Å². The van der Waals surface area contributed by atoms with E-state index in [4.69, 9.17) is 15.2 Å². The Morgan fingerprint density at radius 1 is 1.09 bits per heavy atom. The zero-order valence-electron chi connectivity index (χ0n) is 20.3. The van der Waals surface area contributed by atoms with Gasteiger partial charge in [0.1, 0.15) is 18.4 Å². The van der Waals surface area contributed by atoms with Gasteiger partial charge in [0.05, 0.1) is 13.2 Å². The monoisotopic (exact) mass is 482 g/mol. The Morgan fingerprint density at radius 2 is 1.80 bits per heavy atom. The van der Waals surface area contributed by atoms with Crippen LogP contribution in [0.5, 0.6) is 5.75 Å². The van der Waals surface area contributed by atoms with Gasteiger partial charge in [0.25, 0.3) is 5.91 Å². The summed E-state index contributed by atoms with van der Waals surface area (Å²) in [7, 11) is 3.01. The molecule has 1 fully saturated rings. The van der Waals surface area contributed by atoms with Crippen molar-refractivity contribution in [3.05, 3.63) is 65.7 Å². The number of hydrogen-bond donors (Lipinski definition) is 2. The summed E-state index contributed by atoms with van der Waals surface area (Å²) in [6, 6.07) is 15.8. The molecule has 1 saturated heterocycles. The summed E-state index contributed by atoms with van der Waals surface area (Å²) in [5.74, 6) is -0.0629. The number of nitrogens with two attached hydrogens (primary N) is 1. The molecule has 0 radical (unpaired) electrons. The number of nitrogens with zero attached hydrogens (tertiary/aromatic N) is 2. The third kappa shape index (κ3) is 6.80. The van der Waals surface area contributed by atoms with Gasteiger partial charge in [-0.05, 0) is 42.7 Å². The molecular formula is C26H34N4O5. The molecule has 35 heavy (non-hydrogen) atoms. The van der Waals surface area contributed by atoms with Crippen molar-refractivity contribution < 1.29 is 23.9 Å². The average molecular weight is 483 g/mol. The van der Waals surface area contributed by atoms with Crippen LogP contribution in [0.3, 0.4) is 0 Å². The number of methoxy groups -OCH3 is 2. The fraction of sp³-hybridized carbons (Fsp3) is 0.423. The van der Waals surface area contributed by atoms with Crippen molar-refractivity contribution in [2.75, 3.05) is 47.0 Å². The van der Waals surface area contributed by atoms with Gasteiger partial charge >= 0.3 is 0 Å². The van der Waals surface area contributed by atoms with Crippen LogP contribution < -0.4 is 15.8 Å². The lowest BCUT2D eigenvalue weighted by atomic mass is 10.1. The van der Waals surface area contributed by atoms with Crippen LogP contribution in [0.1, 0.15) is 22.3 Å². The Balaban J connectivity index is 1.86. The number of amides is 3. The van der Waals surface area contributed by atoms with Crippen molar-refractivity contribution in [3.8, 4) is 5.75 Å². The van der Waals surface area contributed by atoms with Crippen molar-refractivity contribution in [3.63, 3.8) is 0 Å². The summed E-state index contributed by atoms with van der Waals surface area (Å²) in [4.78, 5) is 42.6. The van der Waals surface area contributed by atoms with Crippen LogP contribution in [0.25, 0.3) is 0 Å². The first-order chi connectivity index (χ1) is 17.0. The SMILES string of the molecule is COCC(=O)N1CC(N(CCc2ccccc2)C(=O)c2ccc(OC)cc2)CC1C(=O)NCCN. The van der Waals surface area contributed by atoms with Gasteiger partial charge < -0.3 is 30.3 Å². The predicted molar refractivity (Wildman–Crippen MR) is 132 cm³/mol. The molecule has 9 heteroatoms.